The molecule has 0 bridgehead atoms. The normalized spacial score (nSPS) is 23.6. The van der Waals surface area contributed by atoms with Crippen molar-refractivity contribution in [2.24, 2.45) is 11.8 Å². The van der Waals surface area contributed by atoms with E-state index in [1.165, 1.54) is 61.7 Å². The lowest BCUT2D eigenvalue weighted by Crippen LogP contribution is -2.33. The molecule has 2 aliphatic rings. The first kappa shape index (κ1) is 20.4. The average Bonchev–Trinajstić information content (AvgIpc) is 2.65. The molecule has 1 atom stereocenters. The van der Waals surface area contributed by atoms with E-state index in [0.717, 1.165) is 5.92 Å². The van der Waals surface area contributed by atoms with Gasteiger partial charge in [0.25, 0.3) is 0 Å². The highest BCUT2D eigenvalue weighted by Crippen LogP contribution is 2.46. The van der Waals surface area contributed by atoms with Gasteiger partial charge in [-0.1, -0.05) is 90.3 Å². The minimum atomic E-state index is 0.276. The van der Waals surface area contributed by atoms with Crippen LogP contribution in [0.4, 0.5) is 0 Å². The van der Waals surface area contributed by atoms with Gasteiger partial charge in [0.05, 0.1) is 0 Å². The van der Waals surface area contributed by atoms with Crippen molar-refractivity contribution in [3.63, 3.8) is 0 Å². The van der Waals surface area contributed by atoms with E-state index in [0.29, 0.717) is 11.3 Å². The molecule has 148 valence electrons. The largest absolute Gasteiger partial charge is 0.0990 e. The number of fused-ring (bicyclic) bond motifs is 1. The lowest BCUT2D eigenvalue weighted by Gasteiger charge is -2.42. The molecule has 1 fully saturated rings. The average molecular weight is 365 g/mol. The van der Waals surface area contributed by atoms with Crippen LogP contribution in [0.15, 0.2) is 36.4 Å². The lowest BCUT2D eigenvalue weighted by atomic mass is 9.63. The van der Waals surface area contributed by atoms with E-state index < -0.39 is 0 Å². The SMILES string of the molecule is C=C(C(C)/C=C(\C)c1ccc2c(c1)C(C)(C)CCC2(C)C)C1CCCCC1. The third kappa shape index (κ3) is 4.25. The summed E-state index contributed by atoms with van der Waals surface area (Å²) in [6, 6.07) is 7.24. The molecule has 0 nitrogen and oxygen atoms in total. The zero-order valence-electron chi connectivity index (χ0n) is 18.6. The Balaban J connectivity index is 1.85. The highest BCUT2D eigenvalue weighted by atomic mass is 14.4. The second kappa shape index (κ2) is 7.61. The molecule has 27 heavy (non-hydrogen) atoms. The molecule has 0 heteroatoms. The molecule has 0 aliphatic heterocycles. The van der Waals surface area contributed by atoms with Gasteiger partial charge in [-0.05, 0) is 77.5 Å². The van der Waals surface area contributed by atoms with Crippen LogP contribution in [0.25, 0.3) is 5.57 Å². The van der Waals surface area contributed by atoms with Gasteiger partial charge in [-0.25, -0.2) is 0 Å². The fourth-order valence-electron chi connectivity index (χ4n) is 5.26. The maximum absolute atomic E-state index is 4.49. The van der Waals surface area contributed by atoms with Gasteiger partial charge in [0.1, 0.15) is 0 Å². The molecule has 0 heterocycles. The van der Waals surface area contributed by atoms with Crippen molar-refractivity contribution in [2.45, 2.75) is 97.3 Å². The molecule has 3 rings (SSSR count). The van der Waals surface area contributed by atoms with Crippen LogP contribution in [0.5, 0.6) is 0 Å². The fraction of sp³-hybridized carbons (Fsp3) is 0.630. The van der Waals surface area contributed by atoms with Crippen LogP contribution in [0.1, 0.15) is 103 Å². The zero-order chi connectivity index (χ0) is 19.8. The second-order valence-electron chi connectivity index (χ2n) is 10.6. The van der Waals surface area contributed by atoms with Gasteiger partial charge in [0.2, 0.25) is 0 Å². The summed E-state index contributed by atoms with van der Waals surface area (Å²) in [4.78, 5) is 0. The van der Waals surface area contributed by atoms with E-state index in [-0.39, 0.29) is 5.41 Å². The minimum absolute atomic E-state index is 0.276. The number of allylic oxidation sites excluding steroid dienone is 3. The van der Waals surface area contributed by atoms with Crippen molar-refractivity contribution < 1.29 is 0 Å². The first-order valence-corrected chi connectivity index (χ1v) is 11.1. The molecule has 0 amide bonds. The number of hydrogen-bond donors (Lipinski definition) is 0. The van der Waals surface area contributed by atoms with Crippen LogP contribution >= 0.6 is 0 Å². The maximum atomic E-state index is 4.49. The van der Waals surface area contributed by atoms with Crippen LogP contribution in [-0.2, 0) is 10.8 Å². The molecule has 0 saturated heterocycles. The summed E-state index contributed by atoms with van der Waals surface area (Å²) in [6.07, 6.45) is 11.9. The summed E-state index contributed by atoms with van der Waals surface area (Å²) in [5.74, 6) is 1.20. The number of rotatable bonds is 4. The Morgan fingerprint density at radius 2 is 1.59 bits per heavy atom. The highest BCUT2D eigenvalue weighted by Gasteiger charge is 2.36. The van der Waals surface area contributed by atoms with Gasteiger partial charge in [-0.3, -0.25) is 0 Å². The molecule has 0 N–H and O–H groups in total. The van der Waals surface area contributed by atoms with E-state index in [9.17, 15) is 0 Å². The Morgan fingerprint density at radius 1 is 1.00 bits per heavy atom. The van der Waals surface area contributed by atoms with Crippen LogP contribution in [0.2, 0.25) is 0 Å². The number of hydrogen-bond acceptors (Lipinski definition) is 0. The predicted octanol–water partition coefficient (Wildman–Crippen LogP) is 8.21. The van der Waals surface area contributed by atoms with E-state index in [1.54, 1.807) is 11.1 Å². The van der Waals surface area contributed by atoms with E-state index in [1.807, 2.05) is 0 Å². The molecule has 1 aromatic carbocycles. The summed E-state index contributed by atoms with van der Waals surface area (Å²) < 4.78 is 0. The minimum Gasteiger partial charge on any atom is -0.0990 e. The van der Waals surface area contributed by atoms with Crippen molar-refractivity contribution in [3.8, 4) is 0 Å². The highest BCUT2D eigenvalue weighted by molar-refractivity contribution is 5.66. The lowest BCUT2D eigenvalue weighted by molar-refractivity contribution is 0.332. The zero-order valence-corrected chi connectivity index (χ0v) is 18.6. The van der Waals surface area contributed by atoms with Crippen molar-refractivity contribution in [1.82, 2.24) is 0 Å². The summed E-state index contributed by atoms with van der Waals surface area (Å²) in [5.41, 5.74) is 7.93. The summed E-state index contributed by atoms with van der Waals surface area (Å²) in [7, 11) is 0. The molecule has 1 unspecified atom stereocenters. The molecule has 1 saturated carbocycles. The van der Waals surface area contributed by atoms with Gasteiger partial charge in [-0.2, -0.15) is 0 Å². The Kier molecular flexibility index (Phi) is 5.76. The van der Waals surface area contributed by atoms with Gasteiger partial charge >= 0.3 is 0 Å². The van der Waals surface area contributed by atoms with Crippen LogP contribution in [0, 0.1) is 11.8 Å². The van der Waals surface area contributed by atoms with E-state index in [2.05, 4.69) is 72.4 Å². The van der Waals surface area contributed by atoms with Crippen molar-refractivity contribution in [2.75, 3.05) is 0 Å². The maximum Gasteiger partial charge on any atom is -0.00456 e. The van der Waals surface area contributed by atoms with Crippen molar-refractivity contribution >= 4 is 5.57 Å². The van der Waals surface area contributed by atoms with Gasteiger partial charge in [0, 0.05) is 0 Å². The predicted molar refractivity (Wildman–Crippen MR) is 120 cm³/mol. The van der Waals surface area contributed by atoms with Crippen molar-refractivity contribution in [1.29, 1.82) is 0 Å². The van der Waals surface area contributed by atoms with Crippen LogP contribution < -0.4 is 0 Å². The first-order valence-electron chi connectivity index (χ1n) is 11.1. The Hall–Kier alpha value is -1.30. The molecular weight excluding hydrogens is 324 g/mol. The molecule has 2 aliphatic carbocycles. The van der Waals surface area contributed by atoms with Crippen LogP contribution in [0.3, 0.4) is 0 Å². The third-order valence-corrected chi connectivity index (χ3v) is 7.52. The molecule has 0 spiro atoms. The molecule has 0 radical (unpaired) electrons. The topological polar surface area (TPSA) is 0 Å². The Morgan fingerprint density at radius 3 is 2.22 bits per heavy atom. The fourth-order valence-corrected chi connectivity index (χ4v) is 5.26. The van der Waals surface area contributed by atoms with E-state index >= 15 is 0 Å². The molecule has 1 aromatic rings. The third-order valence-electron chi connectivity index (χ3n) is 7.52. The van der Waals surface area contributed by atoms with Crippen LogP contribution in [-0.4, -0.2) is 0 Å². The quantitative estimate of drug-likeness (QED) is 0.472. The summed E-state index contributed by atoms with van der Waals surface area (Å²) >= 11 is 0. The molecule has 0 aromatic heterocycles. The summed E-state index contributed by atoms with van der Waals surface area (Å²) in [6.45, 7) is 18.8. The van der Waals surface area contributed by atoms with E-state index in [4.69, 9.17) is 0 Å². The standard InChI is InChI=1S/C27H40/c1-19(21(3)22-11-9-8-10-12-22)17-20(2)23-13-14-24-25(18-23)27(6,7)16-15-26(24,4)5/h13-14,17-19,22H,3,8-12,15-16H2,1-2,4-7H3/b20-17+. The van der Waals surface area contributed by atoms with Gasteiger partial charge < -0.3 is 0 Å². The smallest absolute Gasteiger partial charge is 0.00456 e. The molecular formula is C27H40. The monoisotopic (exact) mass is 364 g/mol. The Labute approximate surface area is 168 Å². The van der Waals surface area contributed by atoms with Gasteiger partial charge in [-0.15, -0.1) is 0 Å². The second-order valence-corrected chi connectivity index (χ2v) is 10.6. The van der Waals surface area contributed by atoms with Gasteiger partial charge in [0.15, 0.2) is 0 Å². The van der Waals surface area contributed by atoms with Crippen molar-refractivity contribution in [3.05, 3.63) is 53.1 Å². The first-order chi connectivity index (χ1) is 12.6. The Bertz CT molecular complexity index is 722. The number of benzene rings is 1. The summed E-state index contributed by atoms with van der Waals surface area (Å²) in [5, 5.41) is 0.